The highest BCUT2D eigenvalue weighted by molar-refractivity contribution is 6.06. The van der Waals surface area contributed by atoms with Crippen LogP contribution in [0.5, 0.6) is 0 Å². The third-order valence-electron chi connectivity index (χ3n) is 8.95. The van der Waals surface area contributed by atoms with Gasteiger partial charge < -0.3 is 14.8 Å². The van der Waals surface area contributed by atoms with E-state index < -0.39 is 17.8 Å². The molecule has 3 aromatic heterocycles. The zero-order chi connectivity index (χ0) is 31.5. The molecule has 7 nitrogen and oxygen atoms in total. The fourth-order valence-corrected chi connectivity index (χ4v) is 6.52. The van der Waals surface area contributed by atoms with Crippen molar-refractivity contribution in [2.45, 2.75) is 86.2 Å². The number of nitrogens with zero attached hydrogens (tertiary/aromatic N) is 5. The molecule has 0 radical (unpaired) electrons. The van der Waals surface area contributed by atoms with Gasteiger partial charge in [-0.1, -0.05) is 59.3 Å². The standard InChI is InChI=1S/C30H34F2N6O.2C2H6.H2/c1-5-17(3)21-8-9-26(20(21)6-2)36-29(39)23-13-38(28-22(23)11-33-16-34-28)12-19-7-10-27(35-18(19)4)37-14-24-25(15-37)30(24,31)32;2*1-2;/h5,7,10-11,13,16-17,24-26H,1,6,8-9,12,14-15H2,2-4H3,(H,36,39);2*1-2H3;1H/t17?,24?,25?,26-;;;/m1.../s1. The van der Waals surface area contributed by atoms with Gasteiger partial charge in [0.1, 0.15) is 17.8 Å². The van der Waals surface area contributed by atoms with E-state index in [4.69, 9.17) is 4.98 Å². The Labute approximate surface area is 256 Å². The molecule has 3 aliphatic rings. The van der Waals surface area contributed by atoms with Crippen LogP contribution in [-0.4, -0.2) is 50.5 Å². The van der Waals surface area contributed by atoms with Crippen molar-refractivity contribution in [1.82, 2.24) is 24.8 Å². The number of carbonyl (C=O) groups is 1. The van der Waals surface area contributed by atoms with E-state index in [1.165, 1.54) is 17.5 Å². The maximum Gasteiger partial charge on any atom is 0.258 e. The molecule has 234 valence electrons. The predicted molar refractivity (Wildman–Crippen MR) is 172 cm³/mol. The van der Waals surface area contributed by atoms with Crippen LogP contribution in [0.2, 0.25) is 0 Å². The van der Waals surface area contributed by atoms with E-state index in [9.17, 15) is 13.6 Å². The highest BCUT2D eigenvalue weighted by atomic mass is 19.3. The van der Waals surface area contributed by atoms with Gasteiger partial charge >= 0.3 is 0 Å². The summed E-state index contributed by atoms with van der Waals surface area (Å²) in [5, 5.41) is 3.97. The molecule has 0 bridgehead atoms. The third kappa shape index (κ3) is 6.08. The van der Waals surface area contributed by atoms with Crippen LogP contribution < -0.4 is 10.2 Å². The Kier molecular flexibility index (Phi) is 10.0. The van der Waals surface area contributed by atoms with E-state index in [0.717, 1.165) is 36.3 Å². The number of rotatable bonds is 8. The van der Waals surface area contributed by atoms with Crippen molar-refractivity contribution in [1.29, 1.82) is 0 Å². The Balaban J connectivity index is 0.00000102. The summed E-state index contributed by atoms with van der Waals surface area (Å²) in [5.74, 6) is -2.69. The minimum atomic E-state index is -2.51. The molecular formula is C34H48F2N6O. The minimum absolute atomic E-state index is 0. The average molecular weight is 595 g/mol. The van der Waals surface area contributed by atoms with Crippen LogP contribution >= 0.6 is 0 Å². The van der Waals surface area contributed by atoms with Gasteiger partial charge in [-0.25, -0.2) is 23.7 Å². The van der Waals surface area contributed by atoms with Gasteiger partial charge in [0, 0.05) is 32.6 Å². The minimum Gasteiger partial charge on any atom is -0.356 e. The molecule has 3 unspecified atom stereocenters. The number of piperidine rings is 1. The number of allylic oxidation sites excluding steroid dienone is 2. The van der Waals surface area contributed by atoms with Gasteiger partial charge in [-0.2, -0.15) is 0 Å². The molecule has 1 amide bonds. The zero-order valence-electron chi connectivity index (χ0n) is 26.6. The quantitative estimate of drug-likeness (QED) is 0.272. The van der Waals surface area contributed by atoms with Crippen molar-refractivity contribution in [3.05, 3.63) is 71.5 Å². The van der Waals surface area contributed by atoms with Crippen LogP contribution in [0.3, 0.4) is 0 Å². The Bertz CT molecular complexity index is 1490. The lowest BCUT2D eigenvalue weighted by atomic mass is 9.96. The van der Waals surface area contributed by atoms with Gasteiger partial charge in [-0.15, -0.1) is 6.58 Å². The summed E-state index contributed by atoms with van der Waals surface area (Å²) in [4.78, 5) is 28.9. The molecular weight excluding hydrogens is 546 g/mol. The summed E-state index contributed by atoms with van der Waals surface area (Å²) in [7, 11) is 0. The first-order chi connectivity index (χ1) is 20.7. The molecule has 6 rings (SSSR count). The molecule has 3 aromatic rings. The lowest BCUT2D eigenvalue weighted by Crippen LogP contribution is -2.34. The van der Waals surface area contributed by atoms with E-state index in [0.29, 0.717) is 42.1 Å². The van der Waals surface area contributed by atoms with Crippen molar-refractivity contribution < 1.29 is 15.0 Å². The highest BCUT2D eigenvalue weighted by Crippen LogP contribution is 2.59. The number of aryl methyl sites for hydroxylation is 1. The maximum atomic E-state index is 13.6. The first-order valence-corrected chi connectivity index (χ1v) is 15.8. The van der Waals surface area contributed by atoms with Crippen LogP contribution in [0, 0.1) is 24.7 Å². The Morgan fingerprint density at radius 2 is 1.93 bits per heavy atom. The van der Waals surface area contributed by atoms with Crippen molar-refractivity contribution in [2.24, 2.45) is 17.8 Å². The Morgan fingerprint density at radius 3 is 2.56 bits per heavy atom. The number of fused-ring (bicyclic) bond motifs is 2. The number of carbonyl (C=O) groups excluding carboxylic acids is 1. The molecule has 2 aliphatic carbocycles. The number of anilines is 1. The first-order valence-electron chi connectivity index (χ1n) is 15.8. The van der Waals surface area contributed by atoms with E-state index in [1.807, 2.05) is 68.5 Å². The number of aromatic nitrogens is 4. The fraction of sp³-hybridized carbons (Fsp3) is 0.529. The van der Waals surface area contributed by atoms with Gasteiger partial charge in [0.2, 0.25) is 0 Å². The van der Waals surface area contributed by atoms with E-state index >= 15 is 0 Å². The van der Waals surface area contributed by atoms with Gasteiger partial charge in [0.25, 0.3) is 11.8 Å². The van der Waals surface area contributed by atoms with Crippen molar-refractivity contribution in [3.8, 4) is 0 Å². The molecule has 9 heteroatoms. The number of hydrogen-bond donors (Lipinski definition) is 1. The second-order valence-electron chi connectivity index (χ2n) is 11.1. The molecule has 43 heavy (non-hydrogen) atoms. The molecule has 0 aromatic carbocycles. The first kappa shape index (κ1) is 32.3. The number of halogens is 2. The Morgan fingerprint density at radius 1 is 1.23 bits per heavy atom. The van der Waals surface area contributed by atoms with Crippen molar-refractivity contribution >= 4 is 22.8 Å². The predicted octanol–water partition coefficient (Wildman–Crippen LogP) is 7.60. The van der Waals surface area contributed by atoms with Crippen LogP contribution in [0.25, 0.3) is 11.0 Å². The van der Waals surface area contributed by atoms with Crippen LogP contribution in [0.15, 0.2) is 54.7 Å². The molecule has 1 saturated heterocycles. The highest BCUT2D eigenvalue weighted by Gasteiger charge is 2.71. The lowest BCUT2D eigenvalue weighted by molar-refractivity contribution is 0.0796. The lowest BCUT2D eigenvalue weighted by Gasteiger charge is -2.22. The Hall–Kier alpha value is -3.62. The SMILES string of the molecule is C=CC(C)C1=C(CC)[C@H](NC(=O)c2cn(Cc3ccc(N4CC5C(C4)C5(F)F)nc3C)c3ncncc23)CC1.CC.CC.[HH]. The summed E-state index contributed by atoms with van der Waals surface area (Å²) < 4.78 is 29.2. The van der Waals surface area contributed by atoms with Crippen LogP contribution in [0.1, 0.15) is 83.8 Å². The topological polar surface area (TPSA) is 75.9 Å². The third-order valence-corrected chi connectivity index (χ3v) is 8.95. The number of amides is 1. The monoisotopic (exact) mass is 594 g/mol. The van der Waals surface area contributed by atoms with Crippen molar-refractivity contribution in [3.63, 3.8) is 0 Å². The zero-order valence-corrected chi connectivity index (χ0v) is 26.6. The second kappa shape index (κ2) is 13.3. The molecule has 1 N–H and O–H groups in total. The summed E-state index contributed by atoms with van der Waals surface area (Å²) in [6.45, 7) is 19.4. The normalized spacial score (nSPS) is 22.3. The number of nitrogens with one attached hydrogen (secondary N) is 1. The van der Waals surface area contributed by atoms with Gasteiger partial charge in [0.05, 0.1) is 35.4 Å². The largest absolute Gasteiger partial charge is 0.356 e. The summed E-state index contributed by atoms with van der Waals surface area (Å²) >= 11 is 0. The number of alkyl halides is 2. The number of hydrogen-bond acceptors (Lipinski definition) is 5. The smallest absolute Gasteiger partial charge is 0.258 e. The summed E-state index contributed by atoms with van der Waals surface area (Å²) in [5.41, 5.74) is 5.72. The van der Waals surface area contributed by atoms with Crippen molar-refractivity contribution in [2.75, 3.05) is 18.0 Å². The summed E-state index contributed by atoms with van der Waals surface area (Å²) in [6, 6.07) is 3.91. The maximum absolute atomic E-state index is 13.6. The number of pyridine rings is 1. The van der Waals surface area contributed by atoms with Gasteiger partial charge in [-0.3, -0.25) is 4.79 Å². The molecule has 1 aliphatic heterocycles. The van der Waals surface area contributed by atoms with Crippen LogP contribution in [0.4, 0.5) is 14.6 Å². The fourth-order valence-electron chi connectivity index (χ4n) is 6.52. The molecule has 1 saturated carbocycles. The van der Waals surface area contributed by atoms with Gasteiger partial charge in [0.15, 0.2) is 0 Å². The van der Waals surface area contributed by atoms with E-state index in [2.05, 4.69) is 35.7 Å². The van der Waals surface area contributed by atoms with E-state index in [1.54, 1.807) is 6.20 Å². The molecule has 4 heterocycles. The molecule has 2 fully saturated rings. The molecule has 0 spiro atoms. The van der Waals surface area contributed by atoms with Crippen LogP contribution in [-0.2, 0) is 6.54 Å². The van der Waals surface area contributed by atoms with Gasteiger partial charge in [-0.05, 0) is 49.3 Å². The molecule has 4 atom stereocenters. The average Bonchev–Trinajstić information content (AvgIpc) is 3.55. The second-order valence-corrected chi connectivity index (χ2v) is 11.1. The van der Waals surface area contributed by atoms with E-state index in [-0.39, 0.29) is 13.4 Å². The summed E-state index contributed by atoms with van der Waals surface area (Å²) in [6.07, 6.45) is 9.74.